The van der Waals surface area contributed by atoms with Gasteiger partial charge in [-0.05, 0) is 79.5 Å². The van der Waals surface area contributed by atoms with Crippen molar-refractivity contribution in [2.24, 2.45) is 11.8 Å². The van der Waals surface area contributed by atoms with E-state index in [0.29, 0.717) is 22.4 Å². The van der Waals surface area contributed by atoms with Gasteiger partial charge in [0.15, 0.2) is 0 Å². The van der Waals surface area contributed by atoms with E-state index in [1.165, 1.54) is 11.6 Å². The van der Waals surface area contributed by atoms with Gasteiger partial charge in [-0.2, -0.15) is 0 Å². The van der Waals surface area contributed by atoms with Gasteiger partial charge in [0.05, 0.1) is 0 Å². The van der Waals surface area contributed by atoms with E-state index >= 15 is 0 Å². The predicted molar refractivity (Wildman–Crippen MR) is 116 cm³/mol. The van der Waals surface area contributed by atoms with Gasteiger partial charge in [-0.3, -0.25) is 9.78 Å². The molecule has 0 saturated heterocycles. The van der Waals surface area contributed by atoms with Gasteiger partial charge in [0.1, 0.15) is 11.3 Å². The number of rotatable bonds is 4. The average molecular weight is 411 g/mol. The Bertz CT molecular complexity index is 1010. The van der Waals surface area contributed by atoms with Crippen LogP contribution < -0.4 is 5.32 Å². The standard InChI is InChI=1S/C24H24ClFN2O/c1-15(24(29)28-19-11-9-18(25)10-12-19)16-5-7-17(8-6-16)20-13-14-27-23-21(20)3-2-4-22(23)26/h2-4,9-17H,5-8H2,1H3,(H,28,29)/t15-,16?,17?/m1/s1. The zero-order chi connectivity index (χ0) is 20.4. The number of carbonyl (C=O) groups excluding carboxylic acids is 1. The summed E-state index contributed by atoms with van der Waals surface area (Å²) in [5.41, 5.74) is 2.39. The van der Waals surface area contributed by atoms with Gasteiger partial charge in [0.2, 0.25) is 5.91 Å². The fourth-order valence-electron chi connectivity index (χ4n) is 4.45. The largest absolute Gasteiger partial charge is 0.326 e. The second kappa shape index (κ2) is 8.50. The first kappa shape index (κ1) is 19.8. The molecule has 4 rings (SSSR count). The summed E-state index contributed by atoms with van der Waals surface area (Å²) in [5.74, 6) is 0.449. The van der Waals surface area contributed by atoms with Crippen molar-refractivity contribution < 1.29 is 9.18 Å². The summed E-state index contributed by atoms with van der Waals surface area (Å²) in [6.45, 7) is 2.01. The van der Waals surface area contributed by atoms with E-state index in [9.17, 15) is 9.18 Å². The van der Waals surface area contributed by atoms with Gasteiger partial charge in [-0.25, -0.2) is 4.39 Å². The first-order valence-electron chi connectivity index (χ1n) is 10.1. The summed E-state index contributed by atoms with van der Waals surface area (Å²) >= 11 is 5.90. The summed E-state index contributed by atoms with van der Waals surface area (Å²) in [7, 11) is 0. The van der Waals surface area contributed by atoms with E-state index in [4.69, 9.17) is 11.6 Å². The Hall–Kier alpha value is -2.46. The van der Waals surface area contributed by atoms with Crippen molar-refractivity contribution in [2.45, 2.75) is 38.5 Å². The highest BCUT2D eigenvalue weighted by atomic mass is 35.5. The number of amides is 1. The first-order chi connectivity index (χ1) is 14.0. The second-order valence-corrected chi connectivity index (χ2v) is 8.37. The first-order valence-corrected chi connectivity index (χ1v) is 10.5. The molecule has 2 aromatic carbocycles. The van der Waals surface area contributed by atoms with Gasteiger partial charge in [-0.15, -0.1) is 0 Å². The normalized spacial score (nSPS) is 20.4. The average Bonchev–Trinajstić information content (AvgIpc) is 2.75. The molecule has 1 heterocycles. The minimum Gasteiger partial charge on any atom is -0.326 e. The molecule has 1 aromatic heterocycles. The molecule has 1 N–H and O–H groups in total. The van der Waals surface area contributed by atoms with Gasteiger partial charge in [-0.1, -0.05) is 30.7 Å². The Morgan fingerprint density at radius 1 is 1.10 bits per heavy atom. The van der Waals surface area contributed by atoms with Crippen LogP contribution in [0, 0.1) is 17.7 Å². The number of carbonyl (C=O) groups is 1. The topological polar surface area (TPSA) is 42.0 Å². The molecule has 1 amide bonds. The lowest BCUT2D eigenvalue weighted by atomic mass is 9.73. The molecule has 0 radical (unpaired) electrons. The van der Waals surface area contributed by atoms with Crippen LogP contribution in [0.2, 0.25) is 5.02 Å². The summed E-state index contributed by atoms with van der Waals surface area (Å²) < 4.78 is 14.1. The Labute approximate surface area is 175 Å². The number of hydrogen-bond acceptors (Lipinski definition) is 2. The molecule has 1 fully saturated rings. The van der Waals surface area contributed by atoms with Crippen LogP contribution in [0.15, 0.2) is 54.7 Å². The number of anilines is 1. The van der Waals surface area contributed by atoms with Crippen LogP contribution in [-0.2, 0) is 4.79 Å². The van der Waals surface area contributed by atoms with E-state index in [1.54, 1.807) is 24.4 Å². The Morgan fingerprint density at radius 2 is 1.83 bits per heavy atom. The molecule has 0 spiro atoms. The smallest absolute Gasteiger partial charge is 0.227 e. The number of aromatic nitrogens is 1. The third-order valence-corrected chi connectivity index (χ3v) is 6.45. The quantitative estimate of drug-likeness (QED) is 0.528. The third-order valence-electron chi connectivity index (χ3n) is 6.20. The van der Waals surface area contributed by atoms with E-state index in [2.05, 4.69) is 10.3 Å². The Balaban J connectivity index is 1.41. The zero-order valence-corrected chi connectivity index (χ0v) is 17.1. The summed E-state index contributed by atoms with van der Waals surface area (Å²) in [4.78, 5) is 16.9. The molecule has 1 atom stereocenters. The maximum atomic E-state index is 14.1. The second-order valence-electron chi connectivity index (χ2n) is 7.93. The Kier molecular flexibility index (Phi) is 5.81. The number of halogens is 2. The van der Waals surface area contributed by atoms with Gasteiger partial charge >= 0.3 is 0 Å². The molecule has 150 valence electrons. The molecular weight excluding hydrogens is 387 g/mol. The molecule has 1 aliphatic rings. The fraction of sp³-hybridized carbons (Fsp3) is 0.333. The molecule has 3 aromatic rings. The number of hydrogen-bond donors (Lipinski definition) is 1. The van der Waals surface area contributed by atoms with Crippen LogP contribution in [-0.4, -0.2) is 10.9 Å². The number of pyridine rings is 1. The summed E-state index contributed by atoms with van der Waals surface area (Å²) in [5, 5.41) is 4.55. The van der Waals surface area contributed by atoms with Crippen LogP contribution >= 0.6 is 11.6 Å². The highest BCUT2D eigenvalue weighted by Crippen LogP contribution is 2.41. The lowest BCUT2D eigenvalue weighted by molar-refractivity contribution is -0.121. The van der Waals surface area contributed by atoms with Crippen molar-refractivity contribution in [3.8, 4) is 0 Å². The zero-order valence-electron chi connectivity index (χ0n) is 16.4. The highest BCUT2D eigenvalue weighted by Gasteiger charge is 2.30. The molecule has 5 heteroatoms. The van der Waals surface area contributed by atoms with E-state index < -0.39 is 0 Å². The SMILES string of the molecule is C[C@@H](C(=O)Nc1ccc(Cl)cc1)C1CCC(c2ccnc3c(F)cccc23)CC1. The Morgan fingerprint density at radius 3 is 2.55 bits per heavy atom. The molecule has 1 saturated carbocycles. The maximum Gasteiger partial charge on any atom is 0.227 e. The fourth-order valence-corrected chi connectivity index (χ4v) is 4.58. The van der Waals surface area contributed by atoms with Gasteiger partial charge in [0.25, 0.3) is 0 Å². The minimum absolute atomic E-state index is 0.0483. The van der Waals surface area contributed by atoms with Gasteiger partial charge < -0.3 is 5.32 Å². The molecule has 0 unspecified atom stereocenters. The van der Waals surface area contributed by atoms with Crippen molar-refractivity contribution >= 4 is 34.1 Å². The van der Waals surface area contributed by atoms with E-state index in [0.717, 1.165) is 36.8 Å². The van der Waals surface area contributed by atoms with Crippen molar-refractivity contribution in [2.75, 3.05) is 5.32 Å². The summed E-state index contributed by atoms with van der Waals surface area (Å²) in [6.07, 6.45) is 5.67. The van der Waals surface area contributed by atoms with E-state index in [-0.39, 0.29) is 17.6 Å². The molecule has 29 heavy (non-hydrogen) atoms. The van der Waals surface area contributed by atoms with Crippen LogP contribution in [0.25, 0.3) is 10.9 Å². The van der Waals surface area contributed by atoms with Gasteiger partial charge in [0, 0.05) is 28.2 Å². The lowest BCUT2D eigenvalue weighted by Gasteiger charge is -2.32. The highest BCUT2D eigenvalue weighted by molar-refractivity contribution is 6.30. The van der Waals surface area contributed by atoms with Crippen LogP contribution in [0.1, 0.15) is 44.1 Å². The van der Waals surface area contributed by atoms with Crippen molar-refractivity contribution in [1.82, 2.24) is 4.98 Å². The number of nitrogens with zero attached hydrogens (tertiary/aromatic N) is 1. The van der Waals surface area contributed by atoms with Crippen molar-refractivity contribution in [1.29, 1.82) is 0 Å². The lowest BCUT2D eigenvalue weighted by Crippen LogP contribution is -2.29. The van der Waals surface area contributed by atoms with Crippen LogP contribution in [0.4, 0.5) is 10.1 Å². The number of nitrogens with one attached hydrogen (secondary N) is 1. The maximum absolute atomic E-state index is 14.1. The monoisotopic (exact) mass is 410 g/mol. The molecule has 0 bridgehead atoms. The molecular formula is C24H24ClFN2O. The predicted octanol–water partition coefficient (Wildman–Crippen LogP) is 6.58. The van der Waals surface area contributed by atoms with Crippen LogP contribution in [0.5, 0.6) is 0 Å². The van der Waals surface area contributed by atoms with Crippen molar-refractivity contribution in [3.05, 3.63) is 71.1 Å². The van der Waals surface area contributed by atoms with Crippen LogP contribution in [0.3, 0.4) is 0 Å². The van der Waals surface area contributed by atoms with Crippen molar-refractivity contribution in [3.63, 3.8) is 0 Å². The minimum atomic E-state index is -0.273. The van der Waals surface area contributed by atoms with E-state index in [1.807, 2.05) is 31.2 Å². The number of fused-ring (bicyclic) bond motifs is 1. The number of benzene rings is 2. The summed E-state index contributed by atoms with van der Waals surface area (Å²) in [6, 6.07) is 14.4. The molecule has 1 aliphatic carbocycles. The molecule has 0 aliphatic heterocycles. The third kappa shape index (κ3) is 4.27. The molecule has 3 nitrogen and oxygen atoms in total. The number of para-hydroxylation sites is 1.